The molecule has 1 atom stereocenters. The molecule has 1 nitrogen and oxygen atoms in total. The van der Waals surface area contributed by atoms with Gasteiger partial charge in [0, 0.05) is 15.1 Å². The lowest BCUT2D eigenvalue weighted by molar-refractivity contribution is 0.522. The van der Waals surface area contributed by atoms with E-state index in [4.69, 9.17) is 11.6 Å². The summed E-state index contributed by atoms with van der Waals surface area (Å²) in [4.78, 5) is 0. The average Bonchev–Trinajstić information content (AvgIpc) is 2.35. The number of rotatable bonds is 3. The van der Waals surface area contributed by atoms with Crippen molar-refractivity contribution < 1.29 is 8.78 Å². The minimum Gasteiger partial charge on any atom is -0.309 e. The molecule has 0 amide bonds. The van der Waals surface area contributed by atoms with Crippen LogP contribution in [0.1, 0.15) is 17.2 Å². The van der Waals surface area contributed by atoms with Gasteiger partial charge in [0.1, 0.15) is 11.6 Å². The second kappa shape index (κ2) is 5.99. The molecule has 1 N–H and O–H groups in total. The van der Waals surface area contributed by atoms with Crippen LogP contribution >= 0.6 is 27.5 Å². The predicted octanol–water partition coefficient (Wildman–Crippen LogP) is 4.69. The van der Waals surface area contributed by atoms with Crippen molar-refractivity contribution in [3.63, 3.8) is 0 Å². The van der Waals surface area contributed by atoms with Crippen molar-refractivity contribution in [1.82, 2.24) is 5.32 Å². The van der Waals surface area contributed by atoms with Crippen LogP contribution in [-0.2, 0) is 0 Å². The fraction of sp³-hybridized carbons (Fsp3) is 0.143. The van der Waals surface area contributed by atoms with Crippen molar-refractivity contribution in [3.8, 4) is 0 Å². The topological polar surface area (TPSA) is 12.0 Å². The number of benzene rings is 2. The summed E-state index contributed by atoms with van der Waals surface area (Å²) in [5.41, 5.74) is 0.589. The van der Waals surface area contributed by atoms with Gasteiger partial charge < -0.3 is 5.32 Å². The highest BCUT2D eigenvalue weighted by molar-refractivity contribution is 9.10. The quantitative estimate of drug-likeness (QED) is 0.850. The third-order valence-corrected chi connectivity index (χ3v) is 3.67. The SMILES string of the molecule is CNC(c1ccc(Br)cc1Cl)c1c(F)cccc1F. The Kier molecular flexibility index (Phi) is 4.55. The van der Waals surface area contributed by atoms with Crippen LogP contribution in [0.4, 0.5) is 8.78 Å². The second-order valence-corrected chi connectivity index (χ2v) is 5.35. The number of nitrogens with one attached hydrogen (secondary N) is 1. The fourth-order valence-electron chi connectivity index (χ4n) is 1.98. The second-order valence-electron chi connectivity index (χ2n) is 4.02. The Bertz CT molecular complexity index is 584. The van der Waals surface area contributed by atoms with Crippen LogP contribution in [0.25, 0.3) is 0 Å². The highest BCUT2D eigenvalue weighted by atomic mass is 79.9. The van der Waals surface area contributed by atoms with Crippen molar-refractivity contribution in [2.24, 2.45) is 0 Å². The van der Waals surface area contributed by atoms with Crippen molar-refractivity contribution in [2.75, 3.05) is 7.05 Å². The summed E-state index contributed by atoms with van der Waals surface area (Å²) in [5.74, 6) is -1.20. The molecular formula is C14H11BrClF2N. The molecule has 0 fully saturated rings. The summed E-state index contributed by atoms with van der Waals surface area (Å²) in [5, 5.41) is 3.34. The first-order valence-electron chi connectivity index (χ1n) is 5.60. The van der Waals surface area contributed by atoms with E-state index >= 15 is 0 Å². The first-order valence-corrected chi connectivity index (χ1v) is 6.77. The summed E-state index contributed by atoms with van der Waals surface area (Å²) in [6.45, 7) is 0. The summed E-state index contributed by atoms with van der Waals surface area (Å²) >= 11 is 9.44. The summed E-state index contributed by atoms with van der Waals surface area (Å²) in [6, 6.07) is 8.38. The lowest BCUT2D eigenvalue weighted by atomic mass is 9.98. The van der Waals surface area contributed by atoms with Gasteiger partial charge in [-0.15, -0.1) is 0 Å². The highest BCUT2D eigenvalue weighted by Crippen LogP contribution is 2.32. The first kappa shape index (κ1) is 14.4. The van der Waals surface area contributed by atoms with Crippen LogP contribution in [0.15, 0.2) is 40.9 Å². The Morgan fingerprint density at radius 2 is 1.79 bits per heavy atom. The molecule has 2 aromatic carbocycles. The highest BCUT2D eigenvalue weighted by Gasteiger charge is 2.22. The van der Waals surface area contributed by atoms with E-state index in [0.29, 0.717) is 10.6 Å². The molecule has 0 spiro atoms. The summed E-state index contributed by atoms with van der Waals surface area (Å²) in [7, 11) is 1.63. The Balaban J connectivity index is 2.56. The van der Waals surface area contributed by atoms with E-state index in [9.17, 15) is 8.78 Å². The summed E-state index contributed by atoms with van der Waals surface area (Å²) < 4.78 is 28.5. The molecule has 0 bridgehead atoms. The van der Waals surface area contributed by atoms with E-state index in [-0.39, 0.29) is 5.56 Å². The maximum Gasteiger partial charge on any atom is 0.131 e. The van der Waals surface area contributed by atoms with Gasteiger partial charge in [-0.2, -0.15) is 0 Å². The first-order chi connectivity index (χ1) is 9.04. The molecule has 0 saturated carbocycles. The zero-order valence-corrected chi connectivity index (χ0v) is 12.4. The molecule has 0 saturated heterocycles. The minimum absolute atomic E-state index is 0.0331. The van der Waals surface area contributed by atoms with Gasteiger partial charge in [-0.1, -0.05) is 39.7 Å². The lowest BCUT2D eigenvalue weighted by Crippen LogP contribution is -2.20. The van der Waals surface area contributed by atoms with E-state index in [1.54, 1.807) is 25.2 Å². The zero-order chi connectivity index (χ0) is 14.0. The van der Waals surface area contributed by atoms with Gasteiger partial charge in [0.25, 0.3) is 0 Å². The Labute approximate surface area is 123 Å². The molecule has 0 aliphatic carbocycles. The molecule has 2 aromatic rings. The minimum atomic E-state index is -0.637. The molecule has 100 valence electrons. The molecule has 0 aliphatic heterocycles. The normalized spacial score (nSPS) is 12.5. The van der Waals surface area contributed by atoms with Gasteiger partial charge in [-0.25, -0.2) is 8.78 Å². The van der Waals surface area contributed by atoms with Crippen molar-refractivity contribution in [3.05, 3.63) is 68.7 Å². The van der Waals surface area contributed by atoms with E-state index in [1.807, 2.05) is 0 Å². The van der Waals surface area contributed by atoms with Crippen LogP contribution in [-0.4, -0.2) is 7.05 Å². The number of halogens is 4. The molecule has 2 rings (SSSR count). The van der Waals surface area contributed by atoms with Gasteiger partial charge in [0.2, 0.25) is 0 Å². The molecule has 0 aromatic heterocycles. The standard InChI is InChI=1S/C14H11BrClF2N/c1-19-14(9-6-5-8(15)7-10(9)16)13-11(17)3-2-4-12(13)18/h2-7,14,19H,1H3. The van der Waals surface area contributed by atoms with Crippen LogP contribution in [0.2, 0.25) is 5.02 Å². The maximum atomic E-state index is 13.9. The Morgan fingerprint density at radius 1 is 1.16 bits per heavy atom. The van der Waals surface area contributed by atoms with Crippen LogP contribution in [0.3, 0.4) is 0 Å². The van der Waals surface area contributed by atoms with Gasteiger partial charge in [0.05, 0.1) is 6.04 Å². The van der Waals surface area contributed by atoms with E-state index in [1.165, 1.54) is 18.2 Å². The third kappa shape index (κ3) is 2.96. The predicted molar refractivity (Wildman–Crippen MR) is 76.4 cm³/mol. The third-order valence-electron chi connectivity index (χ3n) is 2.85. The van der Waals surface area contributed by atoms with E-state index < -0.39 is 17.7 Å². The van der Waals surface area contributed by atoms with Gasteiger partial charge in [-0.3, -0.25) is 0 Å². The average molecular weight is 347 g/mol. The Morgan fingerprint density at radius 3 is 2.32 bits per heavy atom. The van der Waals surface area contributed by atoms with Gasteiger partial charge in [0.15, 0.2) is 0 Å². The molecule has 0 aliphatic rings. The van der Waals surface area contributed by atoms with Gasteiger partial charge in [-0.05, 0) is 36.9 Å². The van der Waals surface area contributed by atoms with Crippen molar-refractivity contribution in [2.45, 2.75) is 6.04 Å². The number of hydrogen-bond acceptors (Lipinski definition) is 1. The van der Waals surface area contributed by atoms with E-state index in [0.717, 1.165) is 4.47 Å². The molecule has 1 unspecified atom stereocenters. The monoisotopic (exact) mass is 345 g/mol. The maximum absolute atomic E-state index is 13.9. The van der Waals surface area contributed by atoms with Crippen molar-refractivity contribution >= 4 is 27.5 Å². The molecular weight excluding hydrogens is 336 g/mol. The smallest absolute Gasteiger partial charge is 0.131 e. The van der Waals surface area contributed by atoms with Crippen LogP contribution < -0.4 is 5.32 Å². The fourth-order valence-corrected chi connectivity index (χ4v) is 2.76. The zero-order valence-electron chi connectivity index (χ0n) is 10.1. The number of hydrogen-bond donors (Lipinski definition) is 1. The van der Waals surface area contributed by atoms with Crippen LogP contribution in [0, 0.1) is 11.6 Å². The van der Waals surface area contributed by atoms with E-state index in [2.05, 4.69) is 21.2 Å². The molecule has 0 radical (unpaired) electrons. The van der Waals surface area contributed by atoms with Crippen LogP contribution in [0.5, 0.6) is 0 Å². The summed E-state index contributed by atoms with van der Waals surface area (Å²) in [6.07, 6.45) is 0. The molecule has 19 heavy (non-hydrogen) atoms. The lowest BCUT2D eigenvalue weighted by Gasteiger charge is -2.20. The molecule has 0 heterocycles. The molecule has 5 heteroatoms. The largest absolute Gasteiger partial charge is 0.309 e. The van der Waals surface area contributed by atoms with Crippen molar-refractivity contribution in [1.29, 1.82) is 0 Å². The van der Waals surface area contributed by atoms with Gasteiger partial charge >= 0.3 is 0 Å². The Hall–Kier alpha value is -0.970.